The molecular weight excluding hydrogens is 238 g/mol. The minimum absolute atomic E-state index is 0.0516. The Kier molecular flexibility index (Phi) is 4.32. The van der Waals surface area contributed by atoms with E-state index in [9.17, 15) is 5.11 Å². The van der Waals surface area contributed by atoms with E-state index in [1.54, 1.807) is 0 Å². The predicted octanol–water partition coefficient (Wildman–Crippen LogP) is 2.72. The van der Waals surface area contributed by atoms with Crippen molar-refractivity contribution in [2.45, 2.75) is 46.6 Å². The highest BCUT2D eigenvalue weighted by molar-refractivity contribution is 5.43. The molecule has 0 spiro atoms. The fourth-order valence-corrected chi connectivity index (χ4v) is 2.29. The van der Waals surface area contributed by atoms with Crippen molar-refractivity contribution in [2.75, 3.05) is 0 Å². The van der Waals surface area contributed by atoms with Gasteiger partial charge in [-0.3, -0.25) is 0 Å². The Hall–Kier alpha value is -1.68. The molecule has 0 saturated carbocycles. The number of benzene rings is 1. The van der Waals surface area contributed by atoms with E-state index in [1.807, 2.05) is 4.68 Å². The van der Waals surface area contributed by atoms with Crippen molar-refractivity contribution in [1.29, 1.82) is 0 Å². The minimum atomic E-state index is -0.0516. The zero-order valence-electron chi connectivity index (χ0n) is 11.8. The molecule has 0 saturated heterocycles. The molecule has 0 bridgehead atoms. The van der Waals surface area contributed by atoms with Crippen LogP contribution in [0.5, 0.6) is 0 Å². The van der Waals surface area contributed by atoms with Crippen LogP contribution in [-0.2, 0) is 13.0 Å². The number of hydrogen-bond donors (Lipinski definition) is 1. The Morgan fingerprint density at radius 3 is 2.68 bits per heavy atom. The second-order valence-electron chi connectivity index (χ2n) is 4.95. The van der Waals surface area contributed by atoms with Gasteiger partial charge < -0.3 is 5.11 Å². The summed E-state index contributed by atoms with van der Waals surface area (Å²) in [5, 5.41) is 17.7. The van der Waals surface area contributed by atoms with Crippen LogP contribution in [0, 0.1) is 13.8 Å². The number of aliphatic hydroxyl groups excluding tert-OH is 1. The fourth-order valence-electron chi connectivity index (χ4n) is 2.29. The number of aromatic nitrogens is 3. The molecule has 2 aromatic rings. The van der Waals surface area contributed by atoms with E-state index in [1.165, 1.54) is 11.1 Å². The molecule has 0 amide bonds. The van der Waals surface area contributed by atoms with Gasteiger partial charge in [-0.1, -0.05) is 36.3 Å². The van der Waals surface area contributed by atoms with Crippen LogP contribution in [-0.4, -0.2) is 20.1 Å². The van der Waals surface area contributed by atoms with Crippen LogP contribution >= 0.6 is 0 Å². The topological polar surface area (TPSA) is 50.9 Å². The average molecular weight is 259 g/mol. The van der Waals surface area contributed by atoms with Gasteiger partial charge in [0.15, 0.2) is 0 Å². The van der Waals surface area contributed by atoms with Crippen molar-refractivity contribution in [3.8, 4) is 5.69 Å². The highest BCUT2D eigenvalue weighted by atomic mass is 16.3. The summed E-state index contributed by atoms with van der Waals surface area (Å²) >= 11 is 0. The van der Waals surface area contributed by atoms with E-state index in [0.29, 0.717) is 5.69 Å². The highest BCUT2D eigenvalue weighted by Gasteiger charge is 2.14. The van der Waals surface area contributed by atoms with Crippen molar-refractivity contribution in [2.24, 2.45) is 0 Å². The summed E-state index contributed by atoms with van der Waals surface area (Å²) in [6, 6.07) is 6.28. The third kappa shape index (κ3) is 2.84. The smallest absolute Gasteiger partial charge is 0.112 e. The van der Waals surface area contributed by atoms with Gasteiger partial charge in [0.1, 0.15) is 5.69 Å². The van der Waals surface area contributed by atoms with Gasteiger partial charge in [0, 0.05) is 0 Å². The van der Waals surface area contributed by atoms with E-state index in [-0.39, 0.29) is 6.61 Å². The Bertz CT molecular complexity index is 561. The predicted molar refractivity (Wildman–Crippen MR) is 75.4 cm³/mol. The van der Waals surface area contributed by atoms with E-state index in [2.05, 4.69) is 49.3 Å². The van der Waals surface area contributed by atoms with Crippen LogP contribution in [0.3, 0.4) is 0 Å². The molecular formula is C15H21N3O. The second kappa shape index (κ2) is 5.97. The summed E-state index contributed by atoms with van der Waals surface area (Å²) in [6.07, 6.45) is 3.08. The molecule has 102 valence electrons. The maximum atomic E-state index is 9.38. The quantitative estimate of drug-likeness (QED) is 0.898. The number of hydrogen-bond acceptors (Lipinski definition) is 3. The molecule has 0 aliphatic heterocycles. The zero-order valence-corrected chi connectivity index (χ0v) is 11.8. The Labute approximate surface area is 114 Å². The second-order valence-corrected chi connectivity index (χ2v) is 4.95. The first-order valence-corrected chi connectivity index (χ1v) is 6.79. The molecule has 0 fully saturated rings. The average Bonchev–Trinajstić information content (AvgIpc) is 2.79. The molecule has 1 N–H and O–H groups in total. The molecule has 0 unspecified atom stereocenters. The molecule has 19 heavy (non-hydrogen) atoms. The van der Waals surface area contributed by atoms with Crippen LogP contribution in [0.1, 0.15) is 42.3 Å². The molecule has 0 aliphatic rings. The lowest BCUT2D eigenvalue weighted by Gasteiger charge is -2.10. The third-order valence-corrected chi connectivity index (χ3v) is 3.34. The fraction of sp³-hybridized carbons (Fsp3) is 0.467. The Morgan fingerprint density at radius 1 is 1.26 bits per heavy atom. The molecule has 1 heterocycles. The van der Waals surface area contributed by atoms with Crippen LogP contribution in [0.25, 0.3) is 5.69 Å². The van der Waals surface area contributed by atoms with Crippen LogP contribution < -0.4 is 0 Å². The molecule has 0 radical (unpaired) electrons. The SMILES string of the molecule is CCCCc1c(CO)nnn1-c1ccc(C)cc1C. The number of aryl methyl sites for hydroxylation is 2. The van der Waals surface area contributed by atoms with Crippen LogP contribution in [0.2, 0.25) is 0 Å². The van der Waals surface area contributed by atoms with E-state index in [0.717, 1.165) is 30.6 Å². The van der Waals surface area contributed by atoms with Gasteiger partial charge in [0.25, 0.3) is 0 Å². The van der Waals surface area contributed by atoms with Crippen molar-refractivity contribution in [3.63, 3.8) is 0 Å². The minimum Gasteiger partial charge on any atom is -0.390 e. The molecule has 4 nitrogen and oxygen atoms in total. The molecule has 1 aromatic heterocycles. The summed E-state index contributed by atoms with van der Waals surface area (Å²) in [6.45, 7) is 6.26. The summed E-state index contributed by atoms with van der Waals surface area (Å²) < 4.78 is 1.87. The number of rotatable bonds is 5. The molecule has 2 rings (SSSR count). The standard InChI is InChI=1S/C15H21N3O/c1-4-5-6-15-13(10-19)16-17-18(15)14-8-7-11(2)9-12(14)3/h7-9,19H,4-6,10H2,1-3H3. The van der Waals surface area contributed by atoms with Crippen molar-refractivity contribution in [3.05, 3.63) is 40.7 Å². The van der Waals surface area contributed by atoms with E-state index >= 15 is 0 Å². The third-order valence-electron chi connectivity index (χ3n) is 3.34. The first-order valence-electron chi connectivity index (χ1n) is 6.79. The lowest BCUT2D eigenvalue weighted by atomic mass is 10.1. The maximum Gasteiger partial charge on any atom is 0.112 e. The van der Waals surface area contributed by atoms with Gasteiger partial charge in [-0.05, 0) is 38.3 Å². The van der Waals surface area contributed by atoms with E-state index in [4.69, 9.17) is 0 Å². The Balaban J connectivity index is 2.46. The Morgan fingerprint density at radius 2 is 2.05 bits per heavy atom. The summed E-state index contributed by atoms with van der Waals surface area (Å²) in [5.41, 5.74) is 5.17. The van der Waals surface area contributed by atoms with Crippen molar-refractivity contribution < 1.29 is 5.11 Å². The molecule has 4 heteroatoms. The van der Waals surface area contributed by atoms with Gasteiger partial charge in [0.05, 0.1) is 18.0 Å². The molecule has 0 atom stereocenters. The molecule has 1 aromatic carbocycles. The van der Waals surface area contributed by atoms with Gasteiger partial charge in [0.2, 0.25) is 0 Å². The first-order chi connectivity index (χ1) is 9.17. The van der Waals surface area contributed by atoms with Gasteiger partial charge in [-0.2, -0.15) is 0 Å². The number of aliphatic hydroxyl groups is 1. The normalized spacial score (nSPS) is 10.9. The van der Waals surface area contributed by atoms with E-state index < -0.39 is 0 Å². The van der Waals surface area contributed by atoms with Crippen molar-refractivity contribution >= 4 is 0 Å². The lowest BCUT2D eigenvalue weighted by Crippen LogP contribution is -2.06. The number of unbranched alkanes of at least 4 members (excludes halogenated alkanes) is 1. The van der Waals surface area contributed by atoms with Gasteiger partial charge >= 0.3 is 0 Å². The highest BCUT2D eigenvalue weighted by Crippen LogP contribution is 2.19. The maximum absolute atomic E-state index is 9.38. The van der Waals surface area contributed by atoms with Gasteiger partial charge in [-0.25, -0.2) is 4.68 Å². The van der Waals surface area contributed by atoms with Crippen molar-refractivity contribution in [1.82, 2.24) is 15.0 Å². The first kappa shape index (κ1) is 13.7. The largest absolute Gasteiger partial charge is 0.390 e. The summed E-state index contributed by atoms with van der Waals surface area (Å²) in [5.74, 6) is 0. The number of nitrogens with zero attached hydrogens (tertiary/aromatic N) is 3. The monoisotopic (exact) mass is 259 g/mol. The zero-order chi connectivity index (χ0) is 13.8. The summed E-state index contributed by atoms with van der Waals surface area (Å²) in [4.78, 5) is 0. The van der Waals surface area contributed by atoms with Crippen LogP contribution in [0.4, 0.5) is 0 Å². The summed E-state index contributed by atoms with van der Waals surface area (Å²) in [7, 11) is 0. The van der Waals surface area contributed by atoms with Crippen LogP contribution in [0.15, 0.2) is 18.2 Å². The van der Waals surface area contributed by atoms with Gasteiger partial charge in [-0.15, -0.1) is 5.10 Å². The lowest BCUT2D eigenvalue weighted by molar-refractivity contribution is 0.275. The molecule has 0 aliphatic carbocycles.